The van der Waals surface area contributed by atoms with Gasteiger partial charge in [-0.15, -0.1) is 12.4 Å². The number of nitrogens with two attached hydrogens (primary N) is 1. The van der Waals surface area contributed by atoms with Crippen molar-refractivity contribution < 1.29 is 4.79 Å². The van der Waals surface area contributed by atoms with Gasteiger partial charge in [0.25, 0.3) is 0 Å². The Bertz CT molecular complexity index is 122. The van der Waals surface area contributed by atoms with Gasteiger partial charge in [0.2, 0.25) is 0 Å². The number of ketones is 1. The van der Waals surface area contributed by atoms with Gasteiger partial charge in [-0.05, 0) is 19.8 Å². The molecule has 0 spiro atoms. The third-order valence-electron chi connectivity index (χ3n) is 1.95. The Kier molecular flexibility index (Phi) is 3.33. The second kappa shape index (κ2) is 3.35. The molecular formula is C7H14ClNO. The Balaban J connectivity index is 0.000000810. The minimum atomic E-state index is -0.0616. The molecule has 10 heavy (non-hydrogen) atoms. The molecule has 0 atom stereocenters. The number of Topliss-reactive ketones (excluding diaryl/α,β-unsaturated/α-hetero) is 1. The lowest BCUT2D eigenvalue weighted by atomic mass is 9.84. The summed E-state index contributed by atoms with van der Waals surface area (Å²) in [5, 5.41) is 0. The van der Waals surface area contributed by atoms with Crippen LogP contribution in [0, 0.1) is 0 Å². The van der Waals surface area contributed by atoms with Crippen LogP contribution >= 0.6 is 12.4 Å². The first-order valence-corrected chi connectivity index (χ1v) is 3.41. The minimum absolute atomic E-state index is 0. The zero-order valence-electron chi connectivity index (χ0n) is 6.22. The summed E-state index contributed by atoms with van der Waals surface area (Å²) < 4.78 is 0. The van der Waals surface area contributed by atoms with Crippen LogP contribution in [0.3, 0.4) is 0 Å². The molecule has 1 aliphatic carbocycles. The molecule has 0 aliphatic heterocycles. The van der Waals surface area contributed by atoms with Crippen LogP contribution < -0.4 is 5.73 Å². The molecule has 2 N–H and O–H groups in total. The van der Waals surface area contributed by atoms with Gasteiger partial charge >= 0.3 is 0 Å². The van der Waals surface area contributed by atoms with Crippen molar-refractivity contribution in [1.29, 1.82) is 0 Å². The molecule has 0 amide bonds. The van der Waals surface area contributed by atoms with Crippen LogP contribution in [0.2, 0.25) is 0 Å². The molecule has 1 aliphatic rings. The average Bonchev–Trinajstić information content (AvgIpc) is 1.78. The second-order valence-electron chi connectivity index (χ2n) is 3.19. The van der Waals surface area contributed by atoms with Gasteiger partial charge in [0.05, 0.1) is 0 Å². The first-order valence-electron chi connectivity index (χ1n) is 3.41. The second-order valence-corrected chi connectivity index (χ2v) is 3.19. The molecule has 60 valence electrons. The fourth-order valence-corrected chi connectivity index (χ4v) is 1.10. The Morgan fingerprint density at radius 3 is 2.10 bits per heavy atom. The van der Waals surface area contributed by atoms with Crippen molar-refractivity contribution in [3.63, 3.8) is 0 Å². The number of carbonyl (C=O) groups excluding carboxylic acids is 1. The van der Waals surface area contributed by atoms with E-state index in [0.717, 1.165) is 12.8 Å². The zero-order chi connectivity index (χ0) is 6.91. The maximum Gasteiger partial charge on any atom is 0.133 e. The van der Waals surface area contributed by atoms with Crippen molar-refractivity contribution in [3.8, 4) is 0 Å². The lowest BCUT2D eigenvalue weighted by Gasteiger charge is -2.27. The lowest BCUT2D eigenvalue weighted by Crippen LogP contribution is -2.39. The molecule has 0 saturated heterocycles. The van der Waals surface area contributed by atoms with E-state index >= 15 is 0 Å². The van der Waals surface area contributed by atoms with Gasteiger partial charge in [0, 0.05) is 18.4 Å². The molecule has 0 aromatic heterocycles. The average molecular weight is 164 g/mol. The summed E-state index contributed by atoms with van der Waals surface area (Å²) in [4.78, 5) is 10.7. The minimum Gasteiger partial charge on any atom is -0.325 e. The number of rotatable bonds is 0. The number of hydrogen-bond acceptors (Lipinski definition) is 2. The monoisotopic (exact) mass is 163 g/mol. The molecule has 3 heteroatoms. The Hall–Kier alpha value is -0.0800. The smallest absolute Gasteiger partial charge is 0.133 e. The van der Waals surface area contributed by atoms with Crippen LogP contribution in [0.1, 0.15) is 32.6 Å². The molecule has 0 heterocycles. The summed E-state index contributed by atoms with van der Waals surface area (Å²) in [5.74, 6) is 0.373. The molecule has 0 bridgehead atoms. The van der Waals surface area contributed by atoms with Gasteiger partial charge in [-0.25, -0.2) is 0 Å². The molecule has 1 saturated carbocycles. The van der Waals surface area contributed by atoms with E-state index < -0.39 is 0 Å². The first kappa shape index (κ1) is 9.92. The Morgan fingerprint density at radius 2 is 1.80 bits per heavy atom. The van der Waals surface area contributed by atoms with E-state index in [2.05, 4.69) is 0 Å². The molecule has 0 aromatic carbocycles. The normalized spacial score (nSPS) is 23.6. The van der Waals surface area contributed by atoms with Gasteiger partial charge in [0.15, 0.2) is 0 Å². The van der Waals surface area contributed by atoms with E-state index in [-0.39, 0.29) is 17.9 Å². The Labute approximate surface area is 67.6 Å². The maximum atomic E-state index is 10.7. The summed E-state index contributed by atoms with van der Waals surface area (Å²) in [6, 6.07) is 0. The van der Waals surface area contributed by atoms with Gasteiger partial charge in [0.1, 0.15) is 5.78 Å². The van der Waals surface area contributed by atoms with E-state index in [4.69, 9.17) is 5.73 Å². The number of halogens is 1. The molecular weight excluding hydrogens is 150 g/mol. The topological polar surface area (TPSA) is 43.1 Å². The predicted octanol–water partition coefficient (Wildman–Crippen LogP) is 1.27. The van der Waals surface area contributed by atoms with Crippen LogP contribution in [0.15, 0.2) is 0 Å². The van der Waals surface area contributed by atoms with Crippen molar-refractivity contribution >= 4 is 18.2 Å². The van der Waals surface area contributed by atoms with Crippen LogP contribution in [0.5, 0.6) is 0 Å². The fraction of sp³-hybridized carbons (Fsp3) is 0.857. The van der Waals surface area contributed by atoms with E-state index in [1.807, 2.05) is 6.92 Å². The Morgan fingerprint density at radius 1 is 1.40 bits per heavy atom. The van der Waals surface area contributed by atoms with Gasteiger partial charge in [-0.1, -0.05) is 0 Å². The summed E-state index contributed by atoms with van der Waals surface area (Å²) in [6.07, 6.45) is 3.11. The largest absolute Gasteiger partial charge is 0.325 e. The van der Waals surface area contributed by atoms with Crippen molar-refractivity contribution in [3.05, 3.63) is 0 Å². The van der Waals surface area contributed by atoms with Gasteiger partial charge in [-0.2, -0.15) is 0 Å². The zero-order valence-corrected chi connectivity index (χ0v) is 7.04. The fourth-order valence-electron chi connectivity index (χ4n) is 1.10. The molecule has 0 unspecified atom stereocenters. The van der Waals surface area contributed by atoms with Crippen molar-refractivity contribution in [2.24, 2.45) is 5.73 Å². The van der Waals surface area contributed by atoms with Crippen LogP contribution in [0.4, 0.5) is 0 Å². The molecule has 0 radical (unpaired) electrons. The van der Waals surface area contributed by atoms with Crippen molar-refractivity contribution in [2.75, 3.05) is 0 Å². The van der Waals surface area contributed by atoms with E-state index in [9.17, 15) is 4.79 Å². The quantitative estimate of drug-likeness (QED) is 0.585. The first-order chi connectivity index (χ1) is 4.10. The van der Waals surface area contributed by atoms with Gasteiger partial charge in [-0.3, -0.25) is 4.79 Å². The summed E-state index contributed by atoms with van der Waals surface area (Å²) in [5.41, 5.74) is 5.73. The van der Waals surface area contributed by atoms with E-state index in [1.165, 1.54) is 0 Å². The van der Waals surface area contributed by atoms with Crippen molar-refractivity contribution in [2.45, 2.75) is 38.1 Å². The molecule has 2 nitrogen and oxygen atoms in total. The number of carbonyl (C=O) groups is 1. The van der Waals surface area contributed by atoms with E-state index in [0.29, 0.717) is 18.6 Å². The van der Waals surface area contributed by atoms with Gasteiger partial charge < -0.3 is 5.73 Å². The maximum absolute atomic E-state index is 10.7. The van der Waals surface area contributed by atoms with Crippen LogP contribution in [0.25, 0.3) is 0 Å². The highest BCUT2D eigenvalue weighted by Crippen LogP contribution is 2.22. The molecule has 1 rings (SSSR count). The molecule has 1 fully saturated rings. The number of hydrogen-bond donors (Lipinski definition) is 1. The predicted molar refractivity (Wildman–Crippen MR) is 43.3 cm³/mol. The third-order valence-corrected chi connectivity index (χ3v) is 1.95. The highest BCUT2D eigenvalue weighted by atomic mass is 35.5. The van der Waals surface area contributed by atoms with Crippen LogP contribution in [-0.2, 0) is 4.79 Å². The summed E-state index contributed by atoms with van der Waals surface area (Å²) in [6.45, 7) is 2.01. The highest BCUT2D eigenvalue weighted by molar-refractivity contribution is 5.85. The van der Waals surface area contributed by atoms with Crippen LogP contribution in [-0.4, -0.2) is 11.3 Å². The summed E-state index contributed by atoms with van der Waals surface area (Å²) >= 11 is 0. The summed E-state index contributed by atoms with van der Waals surface area (Å²) in [7, 11) is 0. The lowest BCUT2D eigenvalue weighted by molar-refractivity contribution is -0.121. The molecule has 0 aromatic rings. The van der Waals surface area contributed by atoms with Crippen molar-refractivity contribution in [1.82, 2.24) is 0 Å². The van der Waals surface area contributed by atoms with E-state index in [1.54, 1.807) is 0 Å². The third kappa shape index (κ3) is 2.67. The highest BCUT2D eigenvalue weighted by Gasteiger charge is 2.25. The SMILES string of the molecule is CC1(N)CCC(=O)CC1.Cl. The standard InChI is InChI=1S/C7H13NO.ClH/c1-7(8)4-2-6(9)3-5-7;/h2-5,8H2,1H3;1H.